The number of phenolic OH excluding ortho intramolecular Hbond substituents is 1. The van der Waals surface area contributed by atoms with Crippen LogP contribution < -0.4 is 5.43 Å². The summed E-state index contributed by atoms with van der Waals surface area (Å²) in [4.78, 5) is 16.0. The molecule has 0 spiro atoms. The van der Waals surface area contributed by atoms with Gasteiger partial charge in [0.2, 0.25) is 0 Å². The lowest BCUT2D eigenvalue weighted by Gasteiger charge is -2.12. The Morgan fingerprint density at radius 2 is 1.89 bits per heavy atom. The van der Waals surface area contributed by atoms with Crippen molar-refractivity contribution in [1.82, 2.24) is 4.98 Å². The fourth-order valence-corrected chi connectivity index (χ4v) is 2.63. The molecule has 0 saturated carbocycles. The zero-order valence-corrected chi connectivity index (χ0v) is 11.8. The fourth-order valence-electron chi connectivity index (χ4n) is 2.63. The summed E-state index contributed by atoms with van der Waals surface area (Å²) in [5.74, 6) is 0.168. The SMILES string of the molecule is CCCc1c(CC)[nH]c2c(CC)cc(O)cc2c1=O. The average Bonchev–Trinajstić information content (AvgIpc) is 2.41. The van der Waals surface area contributed by atoms with Gasteiger partial charge in [-0.2, -0.15) is 0 Å². The third-order valence-electron chi connectivity index (χ3n) is 3.60. The standard InChI is InChI=1S/C16H21NO2/c1-4-7-12-14(6-3)17-15-10(5-2)8-11(18)9-13(15)16(12)19/h8-9,18H,4-7H2,1-3H3,(H,17,19). The molecule has 2 aromatic rings. The van der Waals surface area contributed by atoms with Crippen molar-refractivity contribution in [3.05, 3.63) is 39.2 Å². The van der Waals surface area contributed by atoms with E-state index in [4.69, 9.17) is 0 Å². The first-order chi connectivity index (χ1) is 9.12. The molecule has 1 aromatic heterocycles. The van der Waals surface area contributed by atoms with Crippen LogP contribution in [0.4, 0.5) is 0 Å². The highest BCUT2D eigenvalue weighted by molar-refractivity contribution is 5.84. The maximum Gasteiger partial charge on any atom is 0.192 e. The van der Waals surface area contributed by atoms with Gasteiger partial charge in [0.15, 0.2) is 5.43 Å². The first-order valence-corrected chi connectivity index (χ1v) is 7.01. The molecular formula is C16H21NO2. The maximum absolute atomic E-state index is 12.6. The van der Waals surface area contributed by atoms with Crippen LogP contribution in [0.3, 0.4) is 0 Å². The van der Waals surface area contributed by atoms with Gasteiger partial charge in [-0.3, -0.25) is 4.79 Å². The smallest absolute Gasteiger partial charge is 0.192 e. The van der Waals surface area contributed by atoms with Gasteiger partial charge in [-0.15, -0.1) is 0 Å². The third-order valence-corrected chi connectivity index (χ3v) is 3.60. The van der Waals surface area contributed by atoms with Gasteiger partial charge in [0.1, 0.15) is 5.75 Å². The van der Waals surface area contributed by atoms with Gasteiger partial charge >= 0.3 is 0 Å². The summed E-state index contributed by atoms with van der Waals surface area (Å²) in [6.45, 7) is 6.16. The van der Waals surface area contributed by atoms with E-state index in [9.17, 15) is 9.90 Å². The van der Waals surface area contributed by atoms with E-state index < -0.39 is 0 Å². The van der Waals surface area contributed by atoms with Crippen LogP contribution in [-0.2, 0) is 19.3 Å². The Kier molecular flexibility index (Phi) is 3.93. The van der Waals surface area contributed by atoms with E-state index in [2.05, 4.69) is 18.8 Å². The summed E-state index contributed by atoms with van der Waals surface area (Å²) in [5, 5.41) is 10.4. The molecule has 2 N–H and O–H groups in total. The second kappa shape index (κ2) is 5.47. The number of H-pyrrole nitrogens is 1. The van der Waals surface area contributed by atoms with E-state index >= 15 is 0 Å². The zero-order valence-electron chi connectivity index (χ0n) is 11.8. The molecule has 19 heavy (non-hydrogen) atoms. The molecule has 102 valence electrons. The molecule has 0 aliphatic rings. The number of hydrogen-bond donors (Lipinski definition) is 2. The van der Waals surface area contributed by atoms with Crippen molar-refractivity contribution in [1.29, 1.82) is 0 Å². The molecule has 0 aliphatic carbocycles. The highest BCUT2D eigenvalue weighted by Gasteiger charge is 2.13. The lowest BCUT2D eigenvalue weighted by Crippen LogP contribution is -2.15. The quantitative estimate of drug-likeness (QED) is 0.885. The lowest BCUT2D eigenvalue weighted by atomic mass is 10.00. The Labute approximate surface area is 113 Å². The summed E-state index contributed by atoms with van der Waals surface area (Å²) in [7, 11) is 0. The zero-order chi connectivity index (χ0) is 14.0. The van der Waals surface area contributed by atoms with E-state index in [-0.39, 0.29) is 11.2 Å². The molecule has 1 aromatic carbocycles. The highest BCUT2D eigenvalue weighted by atomic mass is 16.3. The van der Waals surface area contributed by atoms with Crippen molar-refractivity contribution in [3.8, 4) is 5.75 Å². The molecule has 3 nitrogen and oxygen atoms in total. The van der Waals surface area contributed by atoms with Crippen LogP contribution in [0.2, 0.25) is 0 Å². The van der Waals surface area contributed by atoms with Gasteiger partial charge in [0.25, 0.3) is 0 Å². The number of aromatic nitrogens is 1. The minimum Gasteiger partial charge on any atom is -0.508 e. The van der Waals surface area contributed by atoms with Gasteiger partial charge in [-0.05, 0) is 37.0 Å². The summed E-state index contributed by atoms with van der Waals surface area (Å²) < 4.78 is 0. The van der Waals surface area contributed by atoms with Crippen molar-refractivity contribution in [2.45, 2.75) is 46.5 Å². The molecule has 0 radical (unpaired) electrons. The molecule has 0 unspecified atom stereocenters. The minimum atomic E-state index is 0.0676. The summed E-state index contributed by atoms with van der Waals surface area (Å²) >= 11 is 0. The maximum atomic E-state index is 12.6. The van der Waals surface area contributed by atoms with Gasteiger partial charge < -0.3 is 10.1 Å². The topological polar surface area (TPSA) is 53.1 Å². The highest BCUT2D eigenvalue weighted by Crippen LogP contribution is 2.23. The second-order valence-corrected chi connectivity index (χ2v) is 4.90. The molecule has 0 aliphatic heterocycles. The number of nitrogens with one attached hydrogen (secondary N) is 1. The van der Waals surface area contributed by atoms with E-state index in [1.54, 1.807) is 12.1 Å². The first-order valence-electron chi connectivity index (χ1n) is 7.01. The summed E-state index contributed by atoms with van der Waals surface area (Å²) in [5.41, 5.74) is 3.83. The third kappa shape index (κ3) is 2.37. The Balaban J connectivity index is 2.86. The number of aromatic hydroxyl groups is 1. The molecular weight excluding hydrogens is 238 g/mol. The number of rotatable bonds is 4. The van der Waals surface area contributed by atoms with Crippen molar-refractivity contribution < 1.29 is 5.11 Å². The Hall–Kier alpha value is -1.77. The van der Waals surface area contributed by atoms with Crippen LogP contribution in [0.5, 0.6) is 5.75 Å². The van der Waals surface area contributed by atoms with E-state index in [0.717, 1.165) is 48.0 Å². The number of benzene rings is 1. The second-order valence-electron chi connectivity index (χ2n) is 4.90. The monoisotopic (exact) mass is 259 g/mol. The number of phenols is 1. The number of aryl methyl sites for hydroxylation is 2. The molecule has 0 saturated heterocycles. The van der Waals surface area contributed by atoms with Gasteiger partial charge in [0.05, 0.1) is 5.52 Å². The van der Waals surface area contributed by atoms with Crippen molar-refractivity contribution >= 4 is 10.9 Å². The van der Waals surface area contributed by atoms with Crippen molar-refractivity contribution in [2.75, 3.05) is 0 Å². The van der Waals surface area contributed by atoms with E-state index in [1.807, 2.05) is 6.92 Å². The van der Waals surface area contributed by atoms with Gasteiger partial charge in [-0.25, -0.2) is 0 Å². The Morgan fingerprint density at radius 1 is 1.16 bits per heavy atom. The molecule has 0 amide bonds. The molecule has 0 bridgehead atoms. The molecule has 0 fully saturated rings. The molecule has 1 heterocycles. The predicted octanol–water partition coefficient (Wildman–Crippen LogP) is 3.31. The van der Waals surface area contributed by atoms with Crippen LogP contribution in [0, 0.1) is 0 Å². The summed E-state index contributed by atoms with van der Waals surface area (Å²) in [6, 6.07) is 3.31. The first kappa shape index (κ1) is 13.7. The number of hydrogen-bond acceptors (Lipinski definition) is 2. The molecule has 3 heteroatoms. The van der Waals surface area contributed by atoms with Crippen molar-refractivity contribution in [3.63, 3.8) is 0 Å². The minimum absolute atomic E-state index is 0.0676. The van der Waals surface area contributed by atoms with Crippen molar-refractivity contribution in [2.24, 2.45) is 0 Å². The van der Waals surface area contributed by atoms with E-state index in [1.165, 1.54) is 0 Å². The van der Waals surface area contributed by atoms with Crippen LogP contribution in [-0.4, -0.2) is 10.1 Å². The van der Waals surface area contributed by atoms with Crippen LogP contribution in [0.25, 0.3) is 10.9 Å². The Morgan fingerprint density at radius 3 is 2.47 bits per heavy atom. The number of fused-ring (bicyclic) bond motifs is 1. The normalized spacial score (nSPS) is 11.1. The number of aromatic amines is 1. The van der Waals surface area contributed by atoms with Crippen LogP contribution in [0.15, 0.2) is 16.9 Å². The predicted molar refractivity (Wildman–Crippen MR) is 79.0 cm³/mol. The number of pyridine rings is 1. The fraction of sp³-hybridized carbons (Fsp3) is 0.438. The molecule has 2 rings (SSSR count). The van der Waals surface area contributed by atoms with Crippen LogP contribution >= 0.6 is 0 Å². The average molecular weight is 259 g/mol. The Bertz CT molecular complexity index is 656. The van der Waals surface area contributed by atoms with E-state index in [0.29, 0.717) is 5.39 Å². The summed E-state index contributed by atoms with van der Waals surface area (Å²) in [6.07, 6.45) is 3.34. The molecule has 0 atom stereocenters. The van der Waals surface area contributed by atoms with Gasteiger partial charge in [-0.1, -0.05) is 27.2 Å². The van der Waals surface area contributed by atoms with Gasteiger partial charge in [0, 0.05) is 16.6 Å². The lowest BCUT2D eigenvalue weighted by molar-refractivity contribution is 0.475. The largest absolute Gasteiger partial charge is 0.508 e. The van der Waals surface area contributed by atoms with Crippen LogP contribution in [0.1, 0.15) is 44.0 Å².